The molecule has 0 radical (unpaired) electrons. The molecule has 0 saturated carbocycles. The Bertz CT molecular complexity index is 343. The number of rotatable bonds is 1. The second-order valence-electron chi connectivity index (χ2n) is 2.13. The minimum Gasteiger partial charge on any atom is -0.258 e. The molecule has 0 aliphatic rings. The molecule has 0 bridgehead atoms. The highest BCUT2D eigenvalue weighted by Gasteiger charge is 2.16. The summed E-state index contributed by atoms with van der Waals surface area (Å²) in [5, 5.41) is 10.3. The summed E-state index contributed by atoms with van der Waals surface area (Å²) in [6, 6.07) is 0. The van der Waals surface area contributed by atoms with E-state index in [0.717, 1.165) is 6.20 Å². The van der Waals surface area contributed by atoms with Crippen molar-refractivity contribution in [2.75, 3.05) is 0 Å². The molecule has 0 amide bonds. The maximum atomic E-state index is 12.7. The molecule has 0 saturated heterocycles. The summed E-state index contributed by atoms with van der Waals surface area (Å²) in [5.41, 5.74) is 0.0549. The zero-order chi connectivity index (χ0) is 9.30. The molecular weight excluding hydrogens is 278 g/mol. The number of halogens is 2. The van der Waals surface area contributed by atoms with Crippen LogP contribution in [-0.4, -0.2) is 9.91 Å². The van der Waals surface area contributed by atoms with Crippen molar-refractivity contribution in [2.24, 2.45) is 0 Å². The number of nitro groups is 1. The Morgan fingerprint density at radius 2 is 2.33 bits per heavy atom. The molecule has 0 unspecified atom stereocenters. The van der Waals surface area contributed by atoms with Crippen LogP contribution in [0.3, 0.4) is 0 Å². The summed E-state index contributed by atoms with van der Waals surface area (Å²) in [6.07, 6.45) is 0.921. The summed E-state index contributed by atoms with van der Waals surface area (Å²) < 4.78 is 13.0. The van der Waals surface area contributed by atoms with E-state index in [0.29, 0.717) is 3.57 Å². The average molecular weight is 282 g/mol. The van der Waals surface area contributed by atoms with Gasteiger partial charge in [-0.05, 0) is 29.5 Å². The molecule has 0 aliphatic heterocycles. The molecule has 6 heteroatoms. The third-order valence-electron chi connectivity index (χ3n) is 1.36. The van der Waals surface area contributed by atoms with Gasteiger partial charge in [-0.1, -0.05) is 0 Å². The number of hydrogen-bond donors (Lipinski definition) is 0. The second kappa shape index (κ2) is 3.30. The van der Waals surface area contributed by atoms with E-state index < -0.39 is 10.9 Å². The van der Waals surface area contributed by atoms with Crippen LogP contribution < -0.4 is 0 Å². The van der Waals surface area contributed by atoms with Gasteiger partial charge in [0.15, 0.2) is 0 Å². The lowest BCUT2D eigenvalue weighted by atomic mass is 10.3. The van der Waals surface area contributed by atoms with Crippen molar-refractivity contribution in [1.29, 1.82) is 0 Å². The van der Waals surface area contributed by atoms with Gasteiger partial charge in [0.1, 0.15) is 6.20 Å². The Kier molecular flexibility index (Phi) is 2.55. The lowest BCUT2D eigenvalue weighted by Gasteiger charge is -1.98. The smallest absolute Gasteiger partial charge is 0.258 e. The molecule has 0 aromatic carbocycles. The number of aromatic nitrogens is 1. The predicted octanol–water partition coefficient (Wildman–Crippen LogP) is 2.04. The van der Waals surface area contributed by atoms with Crippen molar-refractivity contribution < 1.29 is 9.31 Å². The van der Waals surface area contributed by atoms with E-state index in [4.69, 9.17) is 0 Å². The third-order valence-corrected chi connectivity index (χ3v) is 2.72. The van der Waals surface area contributed by atoms with Crippen LogP contribution in [0.2, 0.25) is 0 Å². The lowest BCUT2D eigenvalue weighted by molar-refractivity contribution is -0.386. The van der Waals surface area contributed by atoms with Gasteiger partial charge < -0.3 is 0 Å². The summed E-state index contributed by atoms with van der Waals surface area (Å²) in [7, 11) is 0. The van der Waals surface area contributed by atoms with E-state index in [1.807, 2.05) is 0 Å². The highest BCUT2D eigenvalue weighted by Crippen LogP contribution is 2.23. The first-order chi connectivity index (χ1) is 5.54. The summed E-state index contributed by atoms with van der Waals surface area (Å²) in [6.45, 7) is 1.46. The molecule has 1 heterocycles. The Morgan fingerprint density at radius 3 is 2.83 bits per heavy atom. The normalized spacial score (nSPS) is 9.92. The first-order valence-electron chi connectivity index (χ1n) is 2.99. The maximum absolute atomic E-state index is 12.7. The van der Waals surface area contributed by atoms with Crippen molar-refractivity contribution in [1.82, 2.24) is 4.98 Å². The first kappa shape index (κ1) is 9.30. The van der Waals surface area contributed by atoms with Gasteiger partial charge in [0, 0.05) is 5.56 Å². The molecule has 12 heavy (non-hydrogen) atoms. The largest absolute Gasteiger partial charge is 0.301 e. The molecule has 0 atom stereocenters. The fraction of sp³-hybridized carbons (Fsp3) is 0.167. The summed E-state index contributed by atoms with van der Waals surface area (Å²) >= 11 is 1.72. The minimum absolute atomic E-state index is 0.158. The molecule has 0 aliphatic carbocycles. The fourth-order valence-electron chi connectivity index (χ4n) is 0.681. The topological polar surface area (TPSA) is 56.0 Å². The number of nitrogens with zero attached hydrogens (tertiary/aromatic N) is 2. The number of hydrogen-bond acceptors (Lipinski definition) is 3. The Morgan fingerprint density at radius 1 is 1.75 bits per heavy atom. The van der Waals surface area contributed by atoms with Crippen molar-refractivity contribution in [3.8, 4) is 0 Å². The third kappa shape index (κ3) is 1.52. The monoisotopic (exact) mass is 282 g/mol. The highest BCUT2D eigenvalue weighted by atomic mass is 127. The lowest BCUT2D eigenvalue weighted by Crippen LogP contribution is -1.98. The van der Waals surface area contributed by atoms with Gasteiger partial charge in [-0.3, -0.25) is 10.1 Å². The Labute approximate surface area is 81.1 Å². The fourth-order valence-corrected chi connectivity index (χ4v) is 1.24. The maximum Gasteiger partial charge on any atom is 0.301 e. The van der Waals surface area contributed by atoms with Crippen molar-refractivity contribution >= 4 is 28.3 Å². The Hall–Kier alpha value is -0.790. The van der Waals surface area contributed by atoms with E-state index in [-0.39, 0.29) is 11.3 Å². The Balaban J connectivity index is 3.36. The summed E-state index contributed by atoms with van der Waals surface area (Å²) in [4.78, 5) is 13.0. The molecule has 0 fully saturated rings. The average Bonchev–Trinajstić information content (AvgIpc) is 2.00. The minimum atomic E-state index is -0.662. The summed E-state index contributed by atoms with van der Waals surface area (Å²) in [5.74, 6) is -0.662. The number of pyridine rings is 1. The molecule has 64 valence electrons. The molecule has 0 N–H and O–H groups in total. The van der Waals surface area contributed by atoms with E-state index in [1.165, 1.54) is 6.92 Å². The molecule has 1 aromatic heterocycles. The highest BCUT2D eigenvalue weighted by molar-refractivity contribution is 14.1. The van der Waals surface area contributed by atoms with E-state index in [1.54, 1.807) is 22.6 Å². The van der Waals surface area contributed by atoms with Gasteiger partial charge in [-0.25, -0.2) is 4.98 Å². The van der Waals surface area contributed by atoms with Crippen molar-refractivity contribution in [2.45, 2.75) is 6.92 Å². The quantitative estimate of drug-likeness (QED) is 0.343. The van der Waals surface area contributed by atoms with Crippen molar-refractivity contribution in [3.05, 3.63) is 31.4 Å². The van der Waals surface area contributed by atoms with Crippen LogP contribution in [0.1, 0.15) is 5.56 Å². The van der Waals surface area contributed by atoms with Gasteiger partial charge in [0.25, 0.3) is 0 Å². The molecule has 1 aromatic rings. The van der Waals surface area contributed by atoms with E-state index >= 15 is 0 Å². The van der Waals surface area contributed by atoms with Gasteiger partial charge in [0.05, 0.1) is 8.49 Å². The molecule has 0 spiro atoms. The van der Waals surface area contributed by atoms with Crippen LogP contribution in [0.25, 0.3) is 0 Å². The van der Waals surface area contributed by atoms with Gasteiger partial charge in [0.2, 0.25) is 5.95 Å². The van der Waals surface area contributed by atoms with Gasteiger partial charge >= 0.3 is 5.69 Å². The first-order valence-corrected chi connectivity index (χ1v) is 4.07. The van der Waals surface area contributed by atoms with Gasteiger partial charge in [-0.2, -0.15) is 4.39 Å². The molecule has 4 nitrogen and oxygen atoms in total. The standard InChI is InChI=1S/C6H4FIN2O2/c1-3-5(8)4(10(11)12)2-9-6(3)7/h2H,1H3. The predicted molar refractivity (Wildman–Crippen MR) is 48.3 cm³/mol. The molecular formula is C6H4FIN2O2. The van der Waals surface area contributed by atoms with Crippen LogP contribution in [0.5, 0.6) is 0 Å². The zero-order valence-electron chi connectivity index (χ0n) is 6.04. The van der Waals surface area contributed by atoms with Crippen LogP contribution in [0.15, 0.2) is 6.20 Å². The van der Waals surface area contributed by atoms with Crippen LogP contribution in [0.4, 0.5) is 10.1 Å². The second-order valence-corrected chi connectivity index (χ2v) is 3.21. The van der Waals surface area contributed by atoms with Crippen LogP contribution in [0, 0.1) is 26.6 Å². The zero-order valence-corrected chi connectivity index (χ0v) is 8.20. The van der Waals surface area contributed by atoms with Crippen LogP contribution >= 0.6 is 22.6 Å². The van der Waals surface area contributed by atoms with Crippen molar-refractivity contribution in [3.63, 3.8) is 0 Å². The van der Waals surface area contributed by atoms with E-state index in [2.05, 4.69) is 4.98 Å². The molecule has 1 rings (SSSR count). The SMILES string of the molecule is Cc1c(F)ncc([N+](=O)[O-])c1I. The van der Waals surface area contributed by atoms with Gasteiger partial charge in [-0.15, -0.1) is 0 Å². The van der Waals surface area contributed by atoms with Crippen LogP contribution in [-0.2, 0) is 0 Å². The van der Waals surface area contributed by atoms with E-state index in [9.17, 15) is 14.5 Å².